The van der Waals surface area contributed by atoms with Gasteiger partial charge in [-0.2, -0.15) is 0 Å². The lowest BCUT2D eigenvalue weighted by Gasteiger charge is -2.24. The number of anilines is 2. The maximum absolute atomic E-state index is 13.7. The van der Waals surface area contributed by atoms with Gasteiger partial charge >= 0.3 is 0 Å². The number of nitrogens with one attached hydrogen (secondary N) is 1. The van der Waals surface area contributed by atoms with Crippen molar-refractivity contribution in [3.8, 4) is 23.0 Å². The Morgan fingerprint density at radius 3 is 2.15 bits per heavy atom. The molecule has 1 N–H and O–H groups in total. The van der Waals surface area contributed by atoms with Crippen LogP contribution in [0.25, 0.3) is 0 Å². The molecule has 8 nitrogen and oxygen atoms in total. The van der Waals surface area contributed by atoms with Crippen molar-refractivity contribution in [1.29, 1.82) is 0 Å². The fraction of sp³-hybridized carbons (Fsp3) is 0.107. The van der Waals surface area contributed by atoms with Gasteiger partial charge in [0.15, 0.2) is 17.2 Å². The van der Waals surface area contributed by atoms with Crippen molar-refractivity contribution < 1.29 is 27.4 Å². The molecule has 0 aromatic heterocycles. The largest absolute Gasteiger partial charge is 0.497 e. The van der Waals surface area contributed by atoms with Gasteiger partial charge in [0, 0.05) is 10.0 Å². The number of sulfonamides is 1. The molecule has 0 aliphatic rings. The summed E-state index contributed by atoms with van der Waals surface area (Å²) in [6, 6.07) is 23.8. The van der Waals surface area contributed by atoms with Gasteiger partial charge in [0.1, 0.15) is 12.3 Å². The Hall–Kier alpha value is -3.92. The minimum atomic E-state index is -4.17. The molecule has 202 valence electrons. The molecule has 4 aromatic carbocycles. The van der Waals surface area contributed by atoms with E-state index in [4.69, 9.17) is 37.4 Å². The van der Waals surface area contributed by atoms with E-state index < -0.39 is 22.5 Å². The zero-order valence-corrected chi connectivity index (χ0v) is 23.3. The average molecular weight is 587 g/mol. The van der Waals surface area contributed by atoms with Gasteiger partial charge in [-0.25, -0.2) is 8.42 Å². The predicted octanol–water partition coefficient (Wildman–Crippen LogP) is 6.64. The Bertz CT molecular complexity index is 1580. The maximum atomic E-state index is 13.7. The quantitative estimate of drug-likeness (QED) is 0.224. The van der Waals surface area contributed by atoms with Gasteiger partial charge in [0.25, 0.3) is 10.0 Å². The second-order valence-corrected chi connectivity index (χ2v) is 10.8. The van der Waals surface area contributed by atoms with Crippen LogP contribution in [-0.4, -0.2) is 35.1 Å². The second kappa shape index (κ2) is 12.3. The number of para-hydroxylation sites is 2. The molecule has 4 aromatic rings. The smallest absolute Gasteiger partial charge is 0.264 e. The molecule has 0 unspecified atom stereocenters. The molecule has 0 radical (unpaired) electrons. The minimum Gasteiger partial charge on any atom is -0.497 e. The summed E-state index contributed by atoms with van der Waals surface area (Å²) in [5, 5.41) is 3.37. The fourth-order valence-corrected chi connectivity index (χ4v) is 5.42. The third-order valence-corrected chi connectivity index (χ3v) is 7.79. The molecular formula is C28H24Cl2N2O6S. The average Bonchev–Trinajstić information content (AvgIpc) is 2.93. The third kappa shape index (κ3) is 6.75. The molecule has 0 heterocycles. The normalized spacial score (nSPS) is 11.0. The highest BCUT2D eigenvalue weighted by atomic mass is 35.5. The highest BCUT2D eigenvalue weighted by Gasteiger charge is 2.28. The first-order valence-electron chi connectivity index (χ1n) is 11.5. The number of carbonyl (C=O) groups excluding carboxylic acids is 1. The summed E-state index contributed by atoms with van der Waals surface area (Å²) in [5.41, 5.74) is 0.455. The number of hydrogen-bond donors (Lipinski definition) is 1. The van der Waals surface area contributed by atoms with E-state index in [0.717, 1.165) is 4.31 Å². The van der Waals surface area contributed by atoms with Crippen LogP contribution in [-0.2, 0) is 14.8 Å². The van der Waals surface area contributed by atoms with Gasteiger partial charge < -0.3 is 19.5 Å². The second-order valence-electron chi connectivity index (χ2n) is 8.11. The number of rotatable bonds is 10. The molecule has 0 bridgehead atoms. The summed E-state index contributed by atoms with van der Waals surface area (Å²) in [6.07, 6.45) is 0. The van der Waals surface area contributed by atoms with E-state index in [0.29, 0.717) is 27.3 Å². The van der Waals surface area contributed by atoms with Crippen LogP contribution in [0.3, 0.4) is 0 Å². The van der Waals surface area contributed by atoms with Crippen molar-refractivity contribution in [3.63, 3.8) is 0 Å². The summed E-state index contributed by atoms with van der Waals surface area (Å²) >= 11 is 12.3. The predicted molar refractivity (Wildman–Crippen MR) is 152 cm³/mol. The first-order valence-corrected chi connectivity index (χ1v) is 13.7. The number of amides is 1. The third-order valence-electron chi connectivity index (χ3n) is 5.54. The highest BCUT2D eigenvalue weighted by molar-refractivity contribution is 7.92. The van der Waals surface area contributed by atoms with Crippen LogP contribution in [0.5, 0.6) is 23.0 Å². The zero-order chi connectivity index (χ0) is 28.0. The van der Waals surface area contributed by atoms with Gasteiger partial charge in [0.05, 0.1) is 30.5 Å². The molecule has 4 rings (SSSR count). The van der Waals surface area contributed by atoms with Crippen molar-refractivity contribution in [3.05, 3.63) is 101 Å². The zero-order valence-electron chi connectivity index (χ0n) is 20.9. The van der Waals surface area contributed by atoms with Gasteiger partial charge in [-0.3, -0.25) is 9.10 Å². The minimum absolute atomic E-state index is 0.0287. The lowest BCUT2D eigenvalue weighted by Crippen LogP contribution is -2.38. The van der Waals surface area contributed by atoms with E-state index in [-0.39, 0.29) is 22.0 Å². The molecule has 0 saturated carbocycles. The van der Waals surface area contributed by atoms with Crippen LogP contribution in [0, 0.1) is 0 Å². The van der Waals surface area contributed by atoms with E-state index in [9.17, 15) is 13.2 Å². The summed E-state index contributed by atoms with van der Waals surface area (Å²) < 4.78 is 44.8. The standard InChI is InChI=1S/C28H24Cl2N2O6S/c1-36-22-11-13-23(14-12-22)39(34,35)32(21-7-5-6-19(29)16-21)18-28(33)31-24-17-20(30)10-15-25(24)38-27-9-4-3-8-26(27)37-2/h3-17H,18H2,1-2H3,(H,31,33). The van der Waals surface area contributed by atoms with Crippen molar-refractivity contribution in [2.45, 2.75) is 4.90 Å². The van der Waals surface area contributed by atoms with Crippen LogP contribution in [0.4, 0.5) is 11.4 Å². The van der Waals surface area contributed by atoms with Crippen LogP contribution in [0.2, 0.25) is 10.0 Å². The van der Waals surface area contributed by atoms with Gasteiger partial charge in [-0.15, -0.1) is 0 Å². The number of nitrogens with zero attached hydrogens (tertiary/aromatic N) is 1. The van der Waals surface area contributed by atoms with Crippen LogP contribution in [0.1, 0.15) is 0 Å². The molecule has 11 heteroatoms. The van der Waals surface area contributed by atoms with E-state index in [1.807, 2.05) is 0 Å². The molecule has 39 heavy (non-hydrogen) atoms. The van der Waals surface area contributed by atoms with Gasteiger partial charge in [0.2, 0.25) is 5.91 Å². The molecule has 0 aliphatic carbocycles. The Morgan fingerprint density at radius 2 is 1.49 bits per heavy atom. The van der Waals surface area contributed by atoms with E-state index in [1.165, 1.54) is 50.6 Å². The van der Waals surface area contributed by atoms with Crippen LogP contribution in [0.15, 0.2) is 95.9 Å². The number of methoxy groups -OCH3 is 2. The van der Waals surface area contributed by atoms with E-state index in [2.05, 4.69) is 5.32 Å². The van der Waals surface area contributed by atoms with Crippen molar-refractivity contribution in [2.75, 3.05) is 30.4 Å². The Balaban J connectivity index is 1.65. The van der Waals surface area contributed by atoms with Crippen molar-refractivity contribution in [1.82, 2.24) is 0 Å². The fourth-order valence-electron chi connectivity index (χ4n) is 3.65. The Kier molecular flexibility index (Phi) is 8.86. The highest BCUT2D eigenvalue weighted by Crippen LogP contribution is 2.36. The number of carbonyl (C=O) groups is 1. The number of halogens is 2. The molecule has 0 fully saturated rings. The van der Waals surface area contributed by atoms with Crippen molar-refractivity contribution >= 4 is 50.5 Å². The van der Waals surface area contributed by atoms with Gasteiger partial charge in [-0.1, -0.05) is 41.4 Å². The topological polar surface area (TPSA) is 94.2 Å². The summed E-state index contributed by atoms with van der Waals surface area (Å²) in [6.45, 7) is -0.560. The molecule has 0 atom stereocenters. The van der Waals surface area contributed by atoms with Crippen LogP contribution < -0.4 is 23.8 Å². The first-order chi connectivity index (χ1) is 18.7. The SMILES string of the molecule is COc1ccc(S(=O)(=O)N(CC(=O)Nc2cc(Cl)ccc2Oc2ccccc2OC)c2cccc(Cl)c2)cc1. The summed E-state index contributed by atoms with van der Waals surface area (Å²) in [7, 11) is -1.18. The number of benzene rings is 4. The molecular weight excluding hydrogens is 563 g/mol. The molecule has 1 amide bonds. The lowest BCUT2D eigenvalue weighted by atomic mass is 10.2. The Labute approximate surface area is 236 Å². The molecule has 0 spiro atoms. The summed E-state index contributed by atoms with van der Waals surface area (Å²) in [5.74, 6) is 1.04. The lowest BCUT2D eigenvalue weighted by molar-refractivity contribution is -0.114. The van der Waals surface area contributed by atoms with Gasteiger partial charge in [-0.05, 0) is 72.8 Å². The van der Waals surface area contributed by atoms with Crippen molar-refractivity contribution in [2.24, 2.45) is 0 Å². The maximum Gasteiger partial charge on any atom is 0.264 e. The summed E-state index contributed by atoms with van der Waals surface area (Å²) in [4.78, 5) is 13.3. The first kappa shape index (κ1) is 28.1. The Morgan fingerprint density at radius 1 is 0.795 bits per heavy atom. The van der Waals surface area contributed by atoms with E-state index >= 15 is 0 Å². The van der Waals surface area contributed by atoms with E-state index in [1.54, 1.807) is 54.6 Å². The molecule has 0 saturated heterocycles. The van der Waals surface area contributed by atoms with Crippen LogP contribution >= 0.6 is 23.2 Å². The number of ether oxygens (including phenoxy) is 3. The molecule has 0 aliphatic heterocycles. The monoisotopic (exact) mass is 586 g/mol. The number of hydrogen-bond acceptors (Lipinski definition) is 6.